The minimum Gasteiger partial charge on any atom is -0.368 e. The summed E-state index contributed by atoms with van der Waals surface area (Å²) in [5, 5.41) is 0. The Bertz CT molecular complexity index is 542. The van der Waals surface area contributed by atoms with Gasteiger partial charge in [0.15, 0.2) is 0 Å². The number of nitrogens with zero attached hydrogens (tertiary/aromatic N) is 2. The van der Waals surface area contributed by atoms with Crippen molar-refractivity contribution in [1.29, 1.82) is 0 Å². The second-order valence-electron chi connectivity index (χ2n) is 5.30. The Morgan fingerprint density at radius 1 is 0.800 bits per heavy atom. The van der Waals surface area contributed by atoms with Crippen LogP contribution in [0.15, 0.2) is 54.6 Å². The number of hydrogen-bond donors (Lipinski definition) is 0. The molecule has 20 heavy (non-hydrogen) atoms. The maximum absolute atomic E-state index is 2.52. The number of likely N-dealkylation sites (N-methyl/N-ethyl adjacent to an activating group) is 1. The Kier molecular flexibility index (Phi) is 4.03. The average molecular weight is 266 g/mol. The fourth-order valence-corrected chi connectivity index (χ4v) is 2.92. The second-order valence-corrected chi connectivity index (χ2v) is 5.30. The van der Waals surface area contributed by atoms with Crippen LogP contribution in [0.3, 0.4) is 0 Å². The fraction of sp³-hybridized carbons (Fsp3) is 0.333. The van der Waals surface area contributed by atoms with Gasteiger partial charge < -0.3 is 9.80 Å². The first-order valence-corrected chi connectivity index (χ1v) is 7.50. The first kappa shape index (κ1) is 13.2. The van der Waals surface area contributed by atoms with Crippen molar-refractivity contribution in [2.45, 2.75) is 6.92 Å². The standard InChI is InChI=1S/C18H22N2/c1-2-19-12-14-20(15-13-19)18-11-7-6-10-17(18)16-8-4-3-5-9-16/h3-11H,2,12-15H2,1H3. The van der Waals surface area contributed by atoms with Gasteiger partial charge in [0.2, 0.25) is 0 Å². The Hall–Kier alpha value is -1.80. The summed E-state index contributed by atoms with van der Waals surface area (Å²) in [4.78, 5) is 5.04. The summed E-state index contributed by atoms with van der Waals surface area (Å²) in [5.74, 6) is 0. The predicted molar refractivity (Wildman–Crippen MR) is 86.2 cm³/mol. The second kappa shape index (κ2) is 6.10. The lowest BCUT2D eigenvalue weighted by Crippen LogP contribution is -2.46. The number of benzene rings is 2. The van der Waals surface area contributed by atoms with E-state index >= 15 is 0 Å². The topological polar surface area (TPSA) is 6.48 Å². The Balaban J connectivity index is 1.87. The Morgan fingerprint density at radius 2 is 1.45 bits per heavy atom. The van der Waals surface area contributed by atoms with Gasteiger partial charge in [0.25, 0.3) is 0 Å². The molecular weight excluding hydrogens is 244 g/mol. The third kappa shape index (κ3) is 2.70. The highest BCUT2D eigenvalue weighted by atomic mass is 15.3. The van der Waals surface area contributed by atoms with E-state index in [1.165, 1.54) is 29.9 Å². The molecule has 0 N–H and O–H groups in total. The molecule has 2 aromatic rings. The molecule has 1 heterocycles. The van der Waals surface area contributed by atoms with Crippen LogP contribution in [0.25, 0.3) is 11.1 Å². The Morgan fingerprint density at radius 3 is 2.15 bits per heavy atom. The van der Waals surface area contributed by atoms with Crippen LogP contribution in [0.2, 0.25) is 0 Å². The van der Waals surface area contributed by atoms with Crippen LogP contribution in [-0.2, 0) is 0 Å². The maximum atomic E-state index is 2.52. The van der Waals surface area contributed by atoms with Gasteiger partial charge in [-0.15, -0.1) is 0 Å². The van der Waals surface area contributed by atoms with E-state index in [0.717, 1.165) is 19.6 Å². The van der Waals surface area contributed by atoms with Crippen molar-refractivity contribution in [2.75, 3.05) is 37.6 Å². The van der Waals surface area contributed by atoms with Crippen LogP contribution in [0.4, 0.5) is 5.69 Å². The van der Waals surface area contributed by atoms with Crippen molar-refractivity contribution in [3.05, 3.63) is 54.6 Å². The average Bonchev–Trinajstić information content (AvgIpc) is 2.56. The van der Waals surface area contributed by atoms with Gasteiger partial charge in [-0.05, 0) is 18.2 Å². The van der Waals surface area contributed by atoms with E-state index in [4.69, 9.17) is 0 Å². The van der Waals surface area contributed by atoms with E-state index in [9.17, 15) is 0 Å². The third-order valence-electron chi connectivity index (χ3n) is 4.15. The summed E-state index contributed by atoms with van der Waals surface area (Å²) in [5.41, 5.74) is 4.02. The number of rotatable bonds is 3. The van der Waals surface area contributed by atoms with Crippen LogP contribution in [0.1, 0.15) is 6.92 Å². The minimum absolute atomic E-state index is 1.12. The molecule has 3 rings (SSSR count). The summed E-state index contributed by atoms with van der Waals surface area (Å²) in [7, 11) is 0. The van der Waals surface area contributed by atoms with Gasteiger partial charge >= 0.3 is 0 Å². The van der Waals surface area contributed by atoms with Gasteiger partial charge in [-0.1, -0.05) is 55.5 Å². The SMILES string of the molecule is CCN1CCN(c2ccccc2-c2ccccc2)CC1. The zero-order chi connectivity index (χ0) is 13.8. The number of para-hydroxylation sites is 1. The first-order valence-electron chi connectivity index (χ1n) is 7.50. The number of anilines is 1. The molecule has 0 bridgehead atoms. The molecule has 104 valence electrons. The first-order chi connectivity index (χ1) is 9.88. The van der Waals surface area contributed by atoms with Crippen LogP contribution >= 0.6 is 0 Å². The van der Waals surface area contributed by atoms with E-state index in [1.54, 1.807) is 0 Å². The predicted octanol–water partition coefficient (Wildman–Crippen LogP) is 3.50. The van der Waals surface area contributed by atoms with Gasteiger partial charge in [0.1, 0.15) is 0 Å². The van der Waals surface area contributed by atoms with Crippen LogP contribution in [0.5, 0.6) is 0 Å². The molecule has 1 saturated heterocycles. The number of hydrogen-bond acceptors (Lipinski definition) is 2. The molecule has 0 aliphatic carbocycles. The van der Waals surface area contributed by atoms with Gasteiger partial charge in [-0.3, -0.25) is 0 Å². The molecule has 1 aliphatic rings. The molecule has 0 radical (unpaired) electrons. The van der Waals surface area contributed by atoms with Crippen molar-refractivity contribution < 1.29 is 0 Å². The highest BCUT2D eigenvalue weighted by Crippen LogP contribution is 2.31. The summed E-state index contributed by atoms with van der Waals surface area (Å²) in [6.07, 6.45) is 0. The summed E-state index contributed by atoms with van der Waals surface area (Å²) < 4.78 is 0. The van der Waals surface area contributed by atoms with Gasteiger partial charge in [-0.25, -0.2) is 0 Å². The summed E-state index contributed by atoms with van der Waals surface area (Å²) in [6.45, 7) is 7.98. The van der Waals surface area contributed by atoms with Crippen molar-refractivity contribution in [1.82, 2.24) is 4.90 Å². The van der Waals surface area contributed by atoms with Crippen LogP contribution < -0.4 is 4.90 Å². The van der Waals surface area contributed by atoms with Crippen LogP contribution in [-0.4, -0.2) is 37.6 Å². The monoisotopic (exact) mass is 266 g/mol. The maximum Gasteiger partial charge on any atom is 0.0446 e. The molecule has 2 heteroatoms. The quantitative estimate of drug-likeness (QED) is 0.839. The van der Waals surface area contributed by atoms with Gasteiger partial charge in [0, 0.05) is 37.4 Å². The molecule has 1 aliphatic heterocycles. The molecule has 2 nitrogen and oxygen atoms in total. The van der Waals surface area contributed by atoms with Crippen molar-refractivity contribution >= 4 is 5.69 Å². The van der Waals surface area contributed by atoms with Gasteiger partial charge in [0.05, 0.1) is 0 Å². The normalized spacial score (nSPS) is 16.4. The van der Waals surface area contributed by atoms with E-state index in [-0.39, 0.29) is 0 Å². The Labute approximate surface area is 121 Å². The lowest BCUT2D eigenvalue weighted by atomic mass is 10.0. The van der Waals surface area contributed by atoms with Crippen molar-refractivity contribution in [2.24, 2.45) is 0 Å². The zero-order valence-corrected chi connectivity index (χ0v) is 12.1. The van der Waals surface area contributed by atoms with E-state index in [0.29, 0.717) is 0 Å². The molecular formula is C18H22N2. The number of piperazine rings is 1. The molecule has 0 amide bonds. The molecule has 1 fully saturated rings. The molecule has 2 aromatic carbocycles. The van der Waals surface area contributed by atoms with Crippen molar-refractivity contribution in [3.8, 4) is 11.1 Å². The lowest BCUT2D eigenvalue weighted by Gasteiger charge is -2.36. The largest absolute Gasteiger partial charge is 0.368 e. The van der Waals surface area contributed by atoms with Crippen molar-refractivity contribution in [3.63, 3.8) is 0 Å². The molecule has 0 spiro atoms. The summed E-state index contributed by atoms with van der Waals surface area (Å²) in [6, 6.07) is 19.5. The fourth-order valence-electron chi connectivity index (χ4n) is 2.92. The molecule has 0 unspecified atom stereocenters. The van der Waals surface area contributed by atoms with E-state index in [2.05, 4.69) is 71.3 Å². The molecule has 0 atom stereocenters. The molecule has 0 saturated carbocycles. The highest BCUT2D eigenvalue weighted by molar-refractivity contribution is 5.78. The molecule has 0 aromatic heterocycles. The highest BCUT2D eigenvalue weighted by Gasteiger charge is 2.18. The third-order valence-corrected chi connectivity index (χ3v) is 4.15. The minimum atomic E-state index is 1.12. The van der Waals surface area contributed by atoms with E-state index < -0.39 is 0 Å². The smallest absolute Gasteiger partial charge is 0.0446 e. The van der Waals surface area contributed by atoms with Crippen LogP contribution in [0, 0.1) is 0 Å². The van der Waals surface area contributed by atoms with E-state index in [1.807, 2.05) is 0 Å². The van der Waals surface area contributed by atoms with Gasteiger partial charge in [-0.2, -0.15) is 0 Å². The zero-order valence-electron chi connectivity index (χ0n) is 12.1. The summed E-state index contributed by atoms with van der Waals surface area (Å²) >= 11 is 0. The lowest BCUT2D eigenvalue weighted by molar-refractivity contribution is 0.271.